The molecule has 1 fully saturated rings. The van der Waals surface area contributed by atoms with Gasteiger partial charge in [-0.1, -0.05) is 18.2 Å². The van der Waals surface area contributed by atoms with Crippen LogP contribution < -0.4 is 14.8 Å². The van der Waals surface area contributed by atoms with Crippen LogP contribution in [0.15, 0.2) is 83.8 Å². The highest BCUT2D eigenvalue weighted by atomic mass is 32.2. The van der Waals surface area contributed by atoms with Crippen molar-refractivity contribution >= 4 is 21.6 Å². The number of benzene rings is 3. The number of hydrogen-bond acceptors (Lipinski definition) is 5. The van der Waals surface area contributed by atoms with Crippen molar-refractivity contribution in [3.8, 4) is 17.2 Å². The standard InChI is InChI=1S/C26H28N2O5S/c1-2-32-22-14-16-25(17-15-22)34(30,31)28-18-6-7-20(19-28)26(29)27-21-10-12-24(13-11-21)33-23-8-4-3-5-9-23/h3-5,8-17,20H,2,6-7,18-19H2,1H3,(H,27,29)/t20-/m0/s1. The molecule has 0 aliphatic carbocycles. The van der Waals surface area contributed by atoms with Gasteiger partial charge in [-0.15, -0.1) is 0 Å². The summed E-state index contributed by atoms with van der Waals surface area (Å²) in [6.07, 6.45) is 1.26. The molecule has 0 aromatic heterocycles. The average molecular weight is 481 g/mol. The van der Waals surface area contributed by atoms with E-state index in [0.29, 0.717) is 43.2 Å². The van der Waals surface area contributed by atoms with Crippen LogP contribution in [0.5, 0.6) is 17.2 Å². The monoisotopic (exact) mass is 480 g/mol. The Kier molecular flexibility index (Phi) is 7.49. The second-order valence-electron chi connectivity index (χ2n) is 8.04. The quantitative estimate of drug-likeness (QED) is 0.495. The van der Waals surface area contributed by atoms with E-state index in [-0.39, 0.29) is 17.3 Å². The molecule has 0 spiro atoms. The van der Waals surface area contributed by atoms with Crippen LogP contribution >= 0.6 is 0 Å². The summed E-state index contributed by atoms with van der Waals surface area (Å²) in [4.78, 5) is 13.1. The summed E-state index contributed by atoms with van der Waals surface area (Å²) in [6.45, 7) is 2.93. The molecular formula is C26H28N2O5S. The number of nitrogens with one attached hydrogen (secondary N) is 1. The first kappa shape index (κ1) is 23.8. The van der Waals surface area contributed by atoms with Crippen molar-refractivity contribution in [3.05, 3.63) is 78.9 Å². The van der Waals surface area contributed by atoms with Crippen molar-refractivity contribution < 1.29 is 22.7 Å². The molecule has 1 aliphatic rings. The van der Waals surface area contributed by atoms with E-state index in [1.807, 2.05) is 37.3 Å². The predicted octanol–water partition coefficient (Wildman–Crippen LogP) is 4.92. The lowest BCUT2D eigenvalue weighted by molar-refractivity contribution is -0.120. The van der Waals surface area contributed by atoms with Gasteiger partial charge in [-0.25, -0.2) is 8.42 Å². The molecule has 3 aromatic rings. The highest BCUT2D eigenvalue weighted by Gasteiger charge is 2.33. The Morgan fingerprint density at radius 2 is 1.59 bits per heavy atom. The van der Waals surface area contributed by atoms with E-state index in [1.54, 1.807) is 48.5 Å². The van der Waals surface area contributed by atoms with E-state index in [9.17, 15) is 13.2 Å². The number of sulfonamides is 1. The molecule has 1 N–H and O–H groups in total. The molecular weight excluding hydrogens is 452 g/mol. The Morgan fingerprint density at radius 1 is 0.941 bits per heavy atom. The highest BCUT2D eigenvalue weighted by Crippen LogP contribution is 2.27. The Labute approximate surface area is 200 Å². The van der Waals surface area contributed by atoms with Gasteiger partial charge in [0.25, 0.3) is 0 Å². The fraction of sp³-hybridized carbons (Fsp3) is 0.269. The molecule has 4 rings (SSSR count). The van der Waals surface area contributed by atoms with Crippen LogP contribution in [0.1, 0.15) is 19.8 Å². The lowest BCUT2D eigenvalue weighted by Crippen LogP contribution is -2.43. The number of piperidine rings is 1. The Morgan fingerprint density at radius 3 is 2.26 bits per heavy atom. The van der Waals surface area contributed by atoms with Crippen molar-refractivity contribution in [2.75, 3.05) is 25.0 Å². The zero-order chi connectivity index (χ0) is 24.0. The first-order valence-corrected chi connectivity index (χ1v) is 12.8. The second-order valence-corrected chi connectivity index (χ2v) is 9.97. The molecule has 1 atom stereocenters. The SMILES string of the molecule is CCOc1ccc(S(=O)(=O)N2CCC[C@H](C(=O)Nc3ccc(Oc4ccccc4)cc3)C2)cc1. The van der Waals surface area contributed by atoms with Crippen molar-refractivity contribution in [1.82, 2.24) is 4.31 Å². The van der Waals surface area contributed by atoms with Crippen LogP contribution in [0.4, 0.5) is 5.69 Å². The van der Waals surface area contributed by atoms with Gasteiger partial charge in [-0.3, -0.25) is 4.79 Å². The minimum absolute atomic E-state index is 0.149. The number of carbonyl (C=O) groups is 1. The summed E-state index contributed by atoms with van der Waals surface area (Å²) in [5.74, 6) is 1.40. The van der Waals surface area contributed by atoms with Gasteiger partial charge in [0.15, 0.2) is 0 Å². The van der Waals surface area contributed by atoms with Crippen LogP contribution in [-0.2, 0) is 14.8 Å². The Hall–Kier alpha value is -3.36. The van der Waals surface area contributed by atoms with Gasteiger partial charge in [0.1, 0.15) is 17.2 Å². The molecule has 3 aromatic carbocycles. The third-order valence-corrected chi connectivity index (χ3v) is 7.51. The number of rotatable bonds is 8. The van der Waals surface area contributed by atoms with Crippen LogP contribution in [0.25, 0.3) is 0 Å². The lowest BCUT2D eigenvalue weighted by Gasteiger charge is -2.31. The molecule has 1 aliphatic heterocycles. The summed E-state index contributed by atoms with van der Waals surface area (Å²) >= 11 is 0. The maximum absolute atomic E-state index is 13.1. The van der Waals surface area contributed by atoms with Crippen LogP contribution in [0.2, 0.25) is 0 Å². The number of para-hydroxylation sites is 1. The molecule has 178 valence electrons. The number of ether oxygens (including phenoxy) is 2. The molecule has 0 saturated carbocycles. The second kappa shape index (κ2) is 10.7. The van der Waals surface area contributed by atoms with E-state index in [4.69, 9.17) is 9.47 Å². The summed E-state index contributed by atoms with van der Waals surface area (Å²) in [5, 5.41) is 2.90. The number of carbonyl (C=O) groups excluding carboxylic acids is 1. The molecule has 8 heteroatoms. The van der Waals surface area contributed by atoms with Crippen molar-refractivity contribution in [3.63, 3.8) is 0 Å². The van der Waals surface area contributed by atoms with Gasteiger partial charge in [0.05, 0.1) is 17.4 Å². The largest absolute Gasteiger partial charge is 0.494 e. The lowest BCUT2D eigenvalue weighted by atomic mass is 9.99. The topological polar surface area (TPSA) is 84.9 Å². The van der Waals surface area contributed by atoms with E-state index in [0.717, 1.165) is 5.75 Å². The number of nitrogens with zero attached hydrogens (tertiary/aromatic N) is 1. The molecule has 0 radical (unpaired) electrons. The number of amides is 1. The maximum Gasteiger partial charge on any atom is 0.243 e. The molecule has 7 nitrogen and oxygen atoms in total. The summed E-state index contributed by atoms with van der Waals surface area (Å²) in [6, 6.07) is 22.9. The van der Waals surface area contributed by atoms with Gasteiger partial charge < -0.3 is 14.8 Å². The van der Waals surface area contributed by atoms with Crippen molar-refractivity contribution in [2.24, 2.45) is 5.92 Å². The smallest absolute Gasteiger partial charge is 0.243 e. The van der Waals surface area contributed by atoms with E-state index in [2.05, 4.69) is 5.32 Å². The van der Waals surface area contributed by atoms with E-state index in [1.165, 1.54) is 4.31 Å². The van der Waals surface area contributed by atoms with Gasteiger partial charge in [0.2, 0.25) is 15.9 Å². The van der Waals surface area contributed by atoms with E-state index < -0.39 is 15.9 Å². The number of anilines is 1. The maximum atomic E-state index is 13.1. The van der Waals surface area contributed by atoms with Crippen LogP contribution in [0, 0.1) is 5.92 Å². The van der Waals surface area contributed by atoms with Crippen LogP contribution in [0.3, 0.4) is 0 Å². The molecule has 0 bridgehead atoms. The minimum atomic E-state index is -3.69. The highest BCUT2D eigenvalue weighted by molar-refractivity contribution is 7.89. The predicted molar refractivity (Wildman–Crippen MR) is 131 cm³/mol. The minimum Gasteiger partial charge on any atom is -0.494 e. The van der Waals surface area contributed by atoms with Gasteiger partial charge in [-0.05, 0) is 80.4 Å². The first-order valence-electron chi connectivity index (χ1n) is 11.3. The summed E-state index contributed by atoms with van der Waals surface area (Å²) in [7, 11) is -3.69. The Balaban J connectivity index is 1.37. The Bertz CT molecular complexity index is 1200. The third-order valence-electron chi connectivity index (χ3n) is 5.63. The molecule has 1 heterocycles. The zero-order valence-electron chi connectivity index (χ0n) is 19.0. The third kappa shape index (κ3) is 5.76. The van der Waals surface area contributed by atoms with Gasteiger partial charge in [0, 0.05) is 18.8 Å². The number of hydrogen-bond donors (Lipinski definition) is 1. The van der Waals surface area contributed by atoms with Crippen molar-refractivity contribution in [1.29, 1.82) is 0 Å². The fourth-order valence-electron chi connectivity index (χ4n) is 3.87. The molecule has 34 heavy (non-hydrogen) atoms. The summed E-state index contributed by atoms with van der Waals surface area (Å²) < 4.78 is 38.8. The zero-order valence-corrected chi connectivity index (χ0v) is 19.8. The summed E-state index contributed by atoms with van der Waals surface area (Å²) in [5.41, 5.74) is 0.636. The van der Waals surface area contributed by atoms with Gasteiger partial charge >= 0.3 is 0 Å². The fourth-order valence-corrected chi connectivity index (χ4v) is 5.40. The van der Waals surface area contributed by atoms with Crippen molar-refractivity contribution in [2.45, 2.75) is 24.7 Å². The van der Waals surface area contributed by atoms with E-state index >= 15 is 0 Å². The molecule has 1 saturated heterocycles. The first-order chi connectivity index (χ1) is 16.5. The normalized spacial score (nSPS) is 16.6. The molecule has 1 amide bonds. The van der Waals surface area contributed by atoms with Gasteiger partial charge in [-0.2, -0.15) is 4.31 Å². The average Bonchev–Trinajstić information content (AvgIpc) is 2.86. The van der Waals surface area contributed by atoms with Crippen LogP contribution in [-0.4, -0.2) is 38.3 Å². The molecule has 0 unspecified atom stereocenters.